The van der Waals surface area contributed by atoms with Gasteiger partial charge in [0.2, 0.25) is 11.9 Å². The van der Waals surface area contributed by atoms with Crippen molar-refractivity contribution >= 4 is 54.3 Å². The van der Waals surface area contributed by atoms with E-state index < -0.39 is 42.1 Å². The Kier molecular flexibility index (Phi) is 5.78. The number of phenols is 1. The van der Waals surface area contributed by atoms with Crippen LogP contribution in [0.2, 0.25) is 0 Å². The molecule has 0 aliphatic heterocycles. The largest absolute Gasteiger partial charge is 0.507 e. The van der Waals surface area contributed by atoms with Gasteiger partial charge in [-0.25, -0.2) is 0 Å². The lowest BCUT2D eigenvalue weighted by Gasteiger charge is -2.13. The van der Waals surface area contributed by atoms with Gasteiger partial charge in [-0.2, -0.15) is 36.2 Å². The number of hydrogen-bond acceptors (Lipinski definition) is 10. The van der Waals surface area contributed by atoms with Crippen LogP contribution in [0.15, 0.2) is 64.4 Å². The number of phenolic OH excluding ortho intramolecular Hbond substituents is 1. The predicted octanol–water partition coefficient (Wildman–Crippen LogP) is 2.85. The molecule has 34 heavy (non-hydrogen) atoms. The minimum atomic E-state index is -4.63. The van der Waals surface area contributed by atoms with Crippen LogP contribution in [0.4, 0.5) is 27.7 Å². The minimum absolute atomic E-state index is 0.0619. The molecular formula is C19H14FN5O7S2. The topological polar surface area (TPSA) is 192 Å². The van der Waals surface area contributed by atoms with Gasteiger partial charge in [0.1, 0.15) is 5.75 Å². The lowest BCUT2D eigenvalue weighted by atomic mass is 10.1. The Hall–Kier alpha value is -3.92. The van der Waals surface area contributed by atoms with E-state index in [1.54, 1.807) is 0 Å². The zero-order chi connectivity index (χ0) is 24.7. The first-order valence-electron chi connectivity index (χ1n) is 9.16. The summed E-state index contributed by atoms with van der Waals surface area (Å²) >= 11 is 0. The maximum absolute atomic E-state index is 14.1. The summed E-state index contributed by atoms with van der Waals surface area (Å²) in [6.45, 7) is 0. The fraction of sp³-hybridized carbons (Fsp3) is 0. The molecule has 0 amide bonds. The van der Waals surface area contributed by atoms with Crippen molar-refractivity contribution in [3.8, 4) is 5.75 Å². The monoisotopic (exact) mass is 507 g/mol. The van der Waals surface area contributed by atoms with Crippen molar-refractivity contribution < 1.29 is 35.4 Å². The molecule has 3 aromatic carbocycles. The second-order valence-corrected chi connectivity index (χ2v) is 9.67. The zero-order valence-corrected chi connectivity index (χ0v) is 18.3. The highest BCUT2D eigenvalue weighted by molar-refractivity contribution is 7.86. The summed E-state index contributed by atoms with van der Waals surface area (Å²) in [5.74, 6) is -1.00. The molecule has 176 valence electrons. The SMILES string of the molecule is O=S(=O)(O)c1cccc(Nc2nc(F)nc(Nc3cc(S(=O)(=O)O)cc4cccc(O)c34)n2)c1. The van der Waals surface area contributed by atoms with Crippen LogP contribution in [0.3, 0.4) is 0 Å². The van der Waals surface area contributed by atoms with Gasteiger partial charge in [0, 0.05) is 11.1 Å². The Labute approximate surface area is 191 Å². The molecule has 0 unspecified atom stereocenters. The quantitative estimate of drug-likeness (QED) is 0.240. The molecule has 1 aromatic heterocycles. The van der Waals surface area contributed by atoms with Gasteiger partial charge in [0.25, 0.3) is 20.2 Å². The first kappa shape index (κ1) is 23.2. The van der Waals surface area contributed by atoms with Crippen LogP contribution in [0.5, 0.6) is 5.75 Å². The number of hydrogen-bond donors (Lipinski definition) is 5. The van der Waals surface area contributed by atoms with Crippen molar-refractivity contribution in [3.63, 3.8) is 0 Å². The fourth-order valence-corrected chi connectivity index (χ4v) is 4.14. The molecule has 0 atom stereocenters. The molecule has 0 fully saturated rings. The van der Waals surface area contributed by atoms with Crippen LogP contribution < -0.4 is 10.6 Å². The standard InChI is InChI=1S/C19H14FN5O7S2/c20-17-23-18(21-11-4-2-5-12(8-11)33(27,28)29)25-19(24-17)22-14-9-13(34(30,31)32)7-10-3-1-6-15(26)16(10)14/h1-9,26H,(H,27,28,29)(H,30,31,32)(H2,21,22,23,24,25). The highest BCUT2D eigenvalue weighted by Gasteiger charge is 2.17. The predicted molar refractivity (Wildman–Crippen MR) is 118 cm³/mol. The van der Waals surface area contributed by atoms with Crippen LogP contribution in [-0.2, 0) is 20.2 Å². The summed E-state index contributed by atoms with van der Waals surface area (Å²) in [5, 5.41) is 15.8. The van der Waals surface area contributed by atoms with Gasteiger partial charge in [0.05, 0.1) is 15.5 Å². The van der Waals surface area contributed by atoms with E-state index in [0.717, 1.165) is 24.3 Å². The third kappa shape index (κ3) is 5.01. The van der Waals surface area contributed by atoms with Crippen molar-refractivity contribution in [1.29, 1.82) is 0 Å². The highest BCUT2D eigenvalue weighted by Crippen LogP contribution is 2.35. The van der Waals surface area contributed by atoms with Crippen molar-refractivity contribution in [1.82, 2.24) is 15.0 Å². The second-order valence-electron chi connectivity index (χ2n) is 6.83. The number of rotatable bonds is 6. The van der Waals surface area contributed by atoms with Gasteiger partial charge in [-0.3, -0.25) is 9.11 Å². The number of nitrogens with one attached hydrogen (secondary N) is 2. The minimum Gasteiger partial charge on any atom is -0.507 e. The average molecular weight is 507 g/mol. The van der Waals surface area contributed by atoms with E-state index in [9.17, 15) is 35.4 Å². The number of benzene rings is 3. The highest BCUT2D eigenvalue weighted by atomic mass is 32.2. The molecule has 0 aliphatic carbocycles. The zero-order valence-electron chi connectivity index (χ0n) is 16.7. The Balaban J connectivity index is 1.75. The maximum Gasteiger partial charge on any atom is 0.315 e. The van der Waals surface area contributed by atoms with Crippen LogP contribution in [0.1, 0.15) is 0 Å². The van der Waals surface area contributed by atoms with Crippen molar-refractivity contribution in [3.05, 3.63) is 60.7 Å². The van der Waals surface area contributed by atoms with E-state index in [2.05, 4.69) is 25.6 Å². The Morgan fingerprint density at radius 3 is 2.09 bits per heavy atom. The lowest BCUT2D eigenvalue weighted by molar-refractivity contribution is 0.480. The number of aromatic hydroxyl groups is 1. The van der Waals surface area contributed by atoms with Gasteiger partial charge < -0.3 is 15.7 Å². The Bertz CT molecular complexity index is 1650. The van der Waals surface area contributed by atoms with Gasteiger partial charge >= 0.3 is 6.08 Å². The fourth-order valence-electron chi connectivity index (χ4n) is 3.07. The summed E-state index contributed by atoms with van der Waals surface area (Å²) in [4.78, 5) is 9.98. The summed E-state index contributed by atoms with van der Waals surface area (Å²) in [6, 6.07) is 11.3. The maximum atomic E-state index is 14.1. The summed E-state index contributed by atoms with van der Waals surface area (Å²) in [7, 11) is -9.11. The molecule has 0 spiro atoms. The molecule has 0 bridgehead atoms. The smallest absolute Gasteiger partial charge is 0.315 e. The average Bonchev–Trinajstić information content (AvgIpc) is 2.72. The van der Waals surface area contributed by atoms with E-state index in [1.807, 2.05) is 0 Å². The second kappa shape index (κ2) is 8.45. The van der Waals surface area contributed by atoms with E-state index in [1.165, 1.54) is 30.3 Å². The van der Waals surface area contributed by atoms with E-state index in [0.29, 0.717) is 0 Å². The van der Waals surface area contributed by atoms with Gasteiger partial charge in [-0.05, 0) is 41.8 Å². The van der Waals surface area contributed by atoms with E-state index in [-0.39, 0.29) is 33.8 Å². The summed E-state index contributed by atoms with van der Waals surface area (Å²) < 4.78 is 78.7. The summed E-state index contributed by atoms with van der Waals surface area (Å²) in [6.07, 6.45) is -1.25. The van der Waals surface area contributed by atoms with E-state index >= 15 is 0 Å². The lowest BCUT2D eigenvalue weighted by Crippen LogP contribution is -2.07. The first-order valence-corrected chi connectivity index (χ1v) is 12.0. The van der Waals surface area contributed by atoms with Crippen molar-refractivity contribution in [2.45, 2.75) is 9.79 Å². The van der Waals surface area contributed by atoms with Gasteiger partial charge in [0.15, 0.2) is 0 Å². The molecule has 0 saturated carbocycles. The third-order valence-corrected chi connectivity index (χ3v) is 6.15. The number of nitrogens with zero attached hydrogens (tertiary/aromatic N) is 3. The number of anilines is 4. The van der Waals surface area contributed by atoms with E-state index in [4.69, 9.17) is 0 Å². The van der Waals surface area contributed by atoms with Crippen LogP contribution >= 0.6 is 0 Å². The Morgan fingerprint density at radius 2 is 1.41 bits per heavy atom. The molecule has 4 aromatic rings. The number of halogens is 1. The third-order valence-electron chi connectivity index (χ3n) is 4.47. The molecule has 1 heterocycles. The molecular weight excluding hydrogens is 493 g/mol. The van der Waals surface area contributed by atoms with Crippen LogP contribution in [-0.4, -0.2) is 46.0 Å². The first-order chi connectivity index (χ1) is 15.9. The van der Waals surface area contributed by atoms with Crippen molar-refractivity contribution in [2.75, 3.05) is 10.6 Å². The van der Waals surface area contributed by atoms with Gasteiger partial charge in [-0.15, -0.1) is 0 Å². The molecule has 12 nitrogen and oxygen atoms in total. The molecule has 15 heteroatoms. The molecule has 0 radical (unpaired) electrons. The summed E-state index contributed by atoms with van der Waals surface area (Å²) in [5.41, 5.74) is 0.0382. The number of aromatic nitrogens is 3. The number of fused-ring (bicyclic) bond motifs is 1. The molecule has 0 aliphatic rings. The molecule has 4 rings (SSSR count). The van der Waals surface area contributed by atoms with Gasteiger partial charge in [-0.1, -0.05) is 18.2 Å². The van der Waals surface area contributed by atoms with Crippen LogP contribution in [0.25, 0.3) is 10.8 Å². The van der Waals surface area contributed by atoms with Crippen LogP contribution in [0, 0.1) is 6.08 Å². The normalized spacial score (nSPS) is 12.0. The molecule has 0 saturated heterocycles. The Morgan fingerprint density at radius 1 is 0.765 bits per heavy atom. The van der Waals surface area contributed by atoms with Crippen molar-refractivity contribution in [2.24, 2.45) is 0 Å². The molecule has 5 N–H and O–H groups in total.